The van der Waals surface area contributed by atoms with Crippen molar-refractivity contribution in [2.75, 3.05) is 25.0 Å². The standard InChI is InChI=1S/C23H30Cl2N4O4/c1-6-17-21(27-18-11-29(12-19(18)32-7-2)23(31)33-13(3)4)28(5)22(30)20(26-17)15-9-8-14(24)10-16(15)25/h8-10,13,18-19,27H,6-7,11-12H2,1-5H3/t18-,19+/m1/s1. The van der Waals surface area contributed by atoms with E-state index in [1.54, 1.807) is 30.1 Å². The molecular formula is C23H30Cl2N4O4. The Morgan fingerprint density at radius 3 is 2.61 bits per heavy atom. The Labute approximate surface area is 203 Å². The number of hydrogen-bond donors (Lipinski definition) is 1. The van der Waals surface area contributed by atoms with Crippen molar-refractivity contribution in [2.24, 2.45) is 7.05 Å². The van der Waals surface area contributed by atoms with E-state index in [9.17, 15) is 9.59 Å². The van der Waals surface area contributed by atoms with Gasteiger partial charge in [0.15, 0.2) is 0 Å². The Bertz CT molecular complexity index is 1070. The Kier molecular flexibility index (Phi) is 8.26. The van der Waals surface area contributed by atoms with Crippen molar-refractivity contribution < 1.29 is 14.3 Å². The predicted octanol–water partition coefficient (Wildman–Crippen LogP) is 4.36. The molecule has 3 rings (SSSR count). The summed E-state index contributed by atoms with van der Waals surface area (Å²) in [6.45, 7) is 8.79. The molecule has 1 amide bonds. The largest absolute Gasteiger partial charge is 0.447 e. The molecule has 1 N–H and O–H groups in total. The lowest BCUT2D eigenvalue weighted by Gasteiger charge is -2.24. The first-order chi connectivity index (χ1) is 15.7. The van der Waals surface area contributed by atoms with Crippen LogP contribution in [0.25, 0.3) is 11.3 Å². The minimum atomic E-state index is -0.380. The summed E-state index contributed by atoms with van der Waals surface area (Å²) in [6.07, 6.45) is -0.256. The highest BCUT2D eigenvalue weighted by Crippen LogP contribution is 2.29. The molecule has 0 aliphatic carbocycles. The van der Waals surface area contributed by atoms with Crippen molar-refractivity contribution in [3.05, 3.63) is 44.3 Å². The number of nitrogens with one attached hydrogen (secondary N) is 1. The number of amides is 1. The molecule has 8 nitrogen and oxygen atoms in total. The highest BCUT2D eigenvalue weighted by Gasteiger charge is 2.37. The molecule has 1 aromatic heterocycles. The SMILES string of the molecule is CCO[C@H]1CN(C(=O)OC(C)C)C[C@H]1Nc1c(CC)nc(-c2ccc(Cl)cc2Cl)c(=O)n1C. The van der Waals surface area contributed by atoms with Gasteiger partial charge in [0, 0.05) is 30.8 Å². The Morgan fingerprint density at radius 1 is 1.27 bits per heavy atom. The number of benzene rings is 1. The second-order valence-corrected chi connectivity index (χ2v) is 9.02. The zero-order valence-corrected chi connectivity index (χ0v) is 21.0. The molecule has 0 bridgehead atoms. The maximum atomic E-state index is 13.2. The van der Waals surface area contributed by atoms with Crippen LogP contribution in [0.5, 0.6) is 0 Å². The van der Waals surface area contributed by atoms with E-state index in [0.717, 1.165) is 0 Å². The first kappa shape index (κ1) is 25.3. The van der Waals surface area contributed by atoms with Crippen molar-refractivity contribution >= 4 is 35.1 Å². The van der Waals surface area contributed by atoms with Crippen LogP contribution in [-0.2, 0) is 22.9 Å². The van der Waals surface area contributed by atoms with E-state index >= 15 is 0 Å². The van der Waals surface area contributed by atoms with Gasteiger partial charge >= 0.3 is 6.09 Å². The van der Waals surface area contributed by atoms with Crippen LogP contribution in [0, 0.1) is 0 Å². The predicted molar refractivity (Wildman–Crippen MR) is 130 cm³/mol. The van der Waals surface area contributed by atoms with Crippen LogP contribution in [0.2, 0.25) is 10.0 Å². The molecule has 2 heterocycles. The number of hydrogen-bond acceptors (Lipinski definition) is 6. The first-order valence-corrected chi connectivity index (χ1v) is 11.8. The lowest BCUT2D eigenvalue weighted by molar-refractivity contribution is 0.0534. The normalized spacial score (nSPS) is 18.1. The summed E-state index contributed by atoms with van der Waals surface area (Å²) < 4.78 is 12.8. The van der Waals surface area contributed by atoms with Crippen LogP contribution < -0.4 is 10.9 Å². The fourth-order valence-corrected chi connectivity index (χ4v) is 4.37. The minimum absolute atomic E-state index is 0.209. The summed E-state index contributed by atoms with van der Waals surface area (Å²) in [5, 5.41) is 4.26. The smallest absolute Gasteiger partial charge is 0.410 e. The number of aryl methyl sites for hydroxylation is 1. The molecule has 1 aliphatic rings. The summed E-state index contributed by atoms with van der Waals surface area (Å²) in [7, 11) is 1.69. The lowest BCUT2D eigenvalue weighted by Crippen LogP contribution is -2.38. The highest BCUT2D eigenvalue weighted by atomic mass is 35.5. The van der Waals surface area contributed by atoms with Crippen LogP contribution in [0.15, 0.2) is 23.0 Å². The van der Waals surface area contributed by atoms with Gasteiger partial charge in [-0.05, 0) is 45.4 Å². The van der Waals surface area contributed by atoms with Gasteiger partial charge in [-0.25, -0.2) is 9.78 Å². The van der Waals surface area contributed by atoms with Gasteiger partial charge in [-0.15, -0.1) is 0 Å². The van der Waals surface area contributed by atoms with E-state index in [1.165, 1.54) is 4.57 Å². The molecule has 0 unspecified atom stereocenters. The fraction of sp³-hybridized carbons (Fsp3) is 0.522. The molecule has 1 aliphatic heterocycles. The molecule has 2 atom stereocenters. The molecule has 180 valence electrons. The Hall–Kier alpha value is -2.29. The topological polar surface area (TPSA) is 85.7 Å². The fourth-order valence-electron chi connectivity index (χ4n) is 3.87. The lowest BCUT2D eigenvalue weighted by atomic mass is 10.1. The van der Waals surface area contributed by atoms with E-state index in [2.05, 4.69) is 10.3 Å². The van der Waals surface area contributed by atoms with Gasteiger partial charge in [-0.2, -0.15) is 0 Å². The first-order valence-electron chi connectivity index (χ1n) is 11.0. The molecular weight excluding hydrogens is 467 g/mol. The molecule has 1 aromatic carbocycles. The zero-order chi connectivity index (χ0) is 24.3. The van der Waals surface area contributed by atoms with Gasteiger partial charge in [0.05, 0.1) is 35.5 Å². The number of carbonyl (C=O) groups excluding carboxylic acids is 1. The van der Waals surface area contributed by atoms with Crippen molar-refractivity contribution in [3.63, 3.8) is 0 Å². The maximum Gasteiger partial charge on any atom is 0.410 e. The Balaban J connectivity index is 1.94. The third kappa shape index (κ3) is 5.62. The molecule has 0 saturated carbocycles. The van der Waals surface area contributed by atoms with Gasteiger partial charge in [0.25, 0.3) is 5.56 Å². The van der Waals surface area contributed by atoms with Gasteiger partial charge in [0.1, 0.15) is 11.5 Å². The van der Waals surface area contributed by atoms with Crippen LogP contribution >= 0.6 is 23.2 Å². The van der Waals surface area contributed by atoms with E-state index in [-0.39, 0.29) is 35.6 Å². The number of likely N-dealkylation sites (tertiary alicyclic amines) is 1. The van der Waals surface area contributed by atoms with Crippen molar-refractivity contribution in [3.8, 4) is 11.3 Å². The summed E-state index contributed by atoms with van der Waals surface area (Å²) in [5.74, 6) is 0.588. The minimum Gasteiger partial charge on any atom is -0.447 e. The summed E-state index contributed by atoms with van der Waals surface area (Å²) >= 11 is 12.4. The van der Waals surface area contributed by atoms with Gasteiger partial charge < -0.3 is 19.7 Å². The summed E-state index contributed by atoms with van der Waals surface area (Å²) in [4.78, 5) is 31.9. The number of aromatic nitrogens is 2. The second kappa shape index (κ2) is 10.8. The van der Waals surface area contributed by atoms with Crippen LogP contribution in [0.3, 0.4) is 0 Å². The van der Waals surface area contributed by atoms with E-state index in [0.29, 0.717) is 53.2 Å². The Morgan fingerprint density at radius 2 is 2.00 bits per heavy atom. The van der Waals surface area contributed by atoms with E-state index in [1.807, 2.05) is 27.7 Å². The molecule has 1 fully saturated rings. The van der Waals surface area contributed by atoms with Crippen molar-refractivity contribution in [1.29, 1.82) is 0 Å². The maximum absolute atomic E-state index is 13.2. The van der Waals surface area contributed by atoms with Crippen LogP contribution in [0.4, 0.5) is 10.6 Å². The van der Waals surface area contributed by atoms with Crippen molar-refractivity contribution in [1.82, 2.24) is 14.5 Å². The second-order valence-electron chi connectivity index (χ2n) is 8.18. The van der Waals surface area contributed by atoms with Crippen LogP contribution in [-0.4, -0.2) is 58.5 Å². The third-order valence-electron chi connectivity index (χ3n) is 5.45. The summed E-state index contributed by atoms with van der Waals surface area (Å²) in [6, 6.07) is 4.74. The monoisotopic (exact) mass is 496 g/mol. The van der Waals surface area contributed by atoms with Gasteiger partial charge in [0.2, 0.25) is 0 Å². The number of carbonyl (C=O) groups is 1. The van der Waals surface area contributed by atoms with Gasteiger partial charge in [-0.1, -0.05) is 30.1 Å². The molecule has 0 spiro atoms. The molecule has 0 radical (unpaired) electrons. The zero-order valence-electron chi connectivity index (χ0n) is 19.5. The molecule has 33 heavy (non-hydrogen) atoms. The van der Waals surface area contributed by atoms with Gasteiger partial charge in [-0.3, -0.25) is 9.36 Å². The third-order valence-corrected chi connectivity index (χ3v) is 6.00. The molecule has 1 saturated heterocycles. The van der Waals surface area contributed by atoms with E-state index in [4.69, 9.17) is 32.7 Å². The average Bonchev–Trinajstić information content (AvgIpc) is 3.15. The van der Waals surface area contributed by atoms with Crippen molar-refractivity contribution in [2.45, 2.75) is 52.4 Å². The number of rotatable bonds is 7. The van der Waals surface area contributed by atoms with Crippen LogP contribution in [0.1, 0.15) is 33.4 Å². The van der Waals surface area contributed by atoms with E-state index < -0.39 is 0 Å². The molecule has 10 heteroatoms. The summed E-state index contributed by atoms with van der Waals surface area (Å²) in [5.41, 5.74) is 1.20. The highest BCUT2D eigenvalue weighted by molar-refractivity contribution is 6.36. The number of anilines is 1. The molecule has 2 aromatic rings. The number of ether oxygens (including phenoxy) is 2. The average molecular weight is 497 g/mol. The quantitative estimate of drug-likeness (QED) is 0.612. The number of halogens is 2. The number of nitrogens with zero attached hydrogens (tertiary/aromatic N) is 3.